The Morgan fingerprint density at radius 1 is 1.16 bits per heavy atom. The van der Waals surface area contributed by atoms with Gasteiger partial charge in [-0.05, 0) is 23.6 Å². The average molecular weight is 351 g/mol. The highest BCUT2D eigenvalue weighted by atomic mass is 19.1. The second-order valence-corrected chi connectivity index (χ2v) is 7.34. The summed E-state index contributed by atoms with van der Waals surface area (Å²) in [7, 11) is 1.45. The van der Waals surface area contributed by atoms with Gasteiger partial charge in [-0.15, -0.1) is 0 Å². The zero-order chi connectivity index (χ0) is 18.6. The van der Waals surface area contributed by atoms with Crippen molar-refractivity contribution in [2.45, 2.75) is 20.8 Å². The predicted molar refractivity (Wildman–Crippen MR) is 93.3 cm³/mol. The lowest BCUT2D eigenvalue weighted by Gasteiger charge is -2.35. The van der Waals surface area contributed by atoms with Crippen molar-refractivity contribution in [1.82, 2.24) is 15.1 Å². The van der Waals surface area contributed by atoms with E-state index in [4.69, 9.17) is 4.74 Å². The van der Waals surface area contributed by atoms with Crippen molar-refractivity contribution < 1.29 is 18.7 Å². The van der Waals surface area contributed by atoms with Crippen molar-refractivity contribution in [3.63, 3.8) is 0 Å². The minimum Gasteiger partial charge on any atom is -0.496 e. The van der Waals surface area contributed by atoms with Crippen molar-refractivity contribution in [2.24, 2.45) is 5.41 Å². The number of carbonyl (C=O) groups excluding carboxylic acids is 2. The molecule has 0 radical (unpaired) electrons. The van der Waals surface area contributed by atoms with Crippen molar-refractivity contribution in [1.29, 1.82) is 0 Å². The molecule has 138 valence electrons. The van der Waals surface area contributed by atoms with Crippen molar-refractivity contribution in [3.05, 3.63) is 29.6 Å². The SMILES string of the molecule is COc1ccc(F)cc1C(=O)N1CCN(C(=O)NCC(C)(C)C)CC1. The highest BCUT2D eigenvalue weighted by molar-refractivity contribution is 5.97. The Labute approximate surface area is 147 Å². The fourth-order valence-corrected chi connectivity index (χ4v) is 2.58. The molecule has 1 aromatic carbocycles. The van der Waals surface area contributed by atoms with E-state index in [1.807, 2.05) is 0 Å². The number of benzene rings is 1. The van der Waals surface area contributed by atoms with Crippen LogP contribution in [0.2, 0.25) is 0 Å². The molecule has 0 saturated carbocycles. The van der Waals surface area contributed by atoms with Gasteiger partial charge in [0.2, 0.25) is 0 Å². The van der Waals surface area contributed by atoms with E-state index < -0.39 is 5.82 Å². The quantitative estimate of drug-likeness (QED) is 0.909. The Hall–Kier alpha value is -2.31. The van der Waals surface area contributed by atoms with Gasteiger partial charge < -0.3 is 19.9 Å². The van der Waals surface area contributed by atoms with E-state index in [1.165, 1.54) is 25.3 Å². The molecule has 25 heavy (non-hydrogen) atoms. The van der Waals surface area contributed by atoms with E-state index in [0.717, 1.165) is 0 Å². The van der Waals surface area contributed by atoms with Crippen LogP contribution in [0, 0.1) is 11.2 Å². The molecule has 3 amide bonds. The van der Waals surface area contributed by atoms with Crippen LogP contribution in [0.5, 0.6) is 5.75 Å². The number of nitrogens with one attached hydrogen (secondary N) is 1. The van der Waals surface area contributed by atoms with Gasteiger partial charge in [0, 0.05) is 32.7 Å². The van der Waals surface area contributed by atoms with Crippen LogP contribution >= 0.6 is 0 Å². The first kappa shape index (κ1) is 19.0. The number of carbonyl (C=O) groups is 2. The zero-order valence-electron chi connectivity index (χ0n) is 15.3. The highest BCUT2D eigenvalue weighted by Gasteiger charge is 2.27. The second kappa shape index (κ2) is 7.72. The van der Waals surface area contributed by atoms with Gasteiger partial charge >= 0.3 is 6.03 Å². The number of amides is 3. The van der Waals surface area contributed by atoms with Crippen LogP contribution < -0.4 is 10.1 Å². The van der Waals surface area contributed by atoms with Gasteiger partial charge in [-0.2, -0.15) is 0 Å². The van der Waals surface area contributed by atoms with E-state index in [0.29, 0.717) is 38.5 Å². The van der Waals surface area contributed by atoms with Crippen LogP contribution in [0.1, 0.15) is 31.1 Å². The van der Waals surface area contributed by atoms with Gasteiger partial charge in [-0.3, -0.25) is 4.79 Å². The monoisotopic (exact) mass is 351 g/mol. The maximum absolute atomic E-state index is 13.5. The number of ether oxygens (including phenoxy) is 1. The van der Waals surface area contributed by atoms with Gasteiger partial charge in [-0.25, -0.2) is 9.18 Å². The first-order valence-electron chi connectivity index (χ1n) is 8.37. The summed E-state index contributed by atoms with van der Waals surface area (Å²) in [6.45, 7) is 8.44. The summed E-state index contributed by atoms with van der Waals surface area (Å²) in [4.78, 5) is 28.1. The molecule has 0 atom stereocenters. The maximum Gasteiger partial charge on any atom is 0.317 e. The molecule has 0 aliphatic carbocycles. The van der Waals surface area contributed by atoms with Crippen LogP contribution in [0.15, 0.2) is 18.2 Å². The number of hydrogen-bond acceptors (Lipinski definition) is 3. The molecule has 1 aliphatic heterocycles. The summed E-state index contributed by atoms with van der Waals surface area (Å²) < 4.78 is 18.6. The second-order valence-electron chi connectivity index (χ2n) is 7.34. The Kier molecular flexibility index (Phi) is 5.87. The Bertz CT molecular complexity index is 635. The number of nitrogens with zero attached hydrogens (tertiary/aromatic N) is 2. The highest BCUT2D eigenvalue weighted by Crippen LogP contribution is 2.22. The number of urea groups is 1. The van der Waals surface area contributed by atoms with E-state index in [1.54, 1.807) is 9.80 Å². The van der Waals surface area contributed by atoms with Crippen LogP contribution in [0.3, 0.4) is 0 Å². The van der Waals surface area contributed by atoms with E-state index in [2.05, 4.69) is 26.1 Å². The summed E-state index contributed by atoms with van der Waals surface area (Å²) in [6, 6.07) is 3.76. The topological polar surface area (TPSA) is 61.9 Å². The van der Waals surface area contributed by atoms with Crippen molar-refractivity contribution in [3.8, 4) is 5.75 Å². The molecule has 0 bridgehead atoms. The Morgan fingerprint density at radius 3 is 2.32 bits per heavy atom. The molecule has 2 rings (SSSR count). The van der Waals surface area contributed by atoms with Crippen molar-refractivity contribution in [2.75, 3.05) is 39.8 Å². The van der Waals surface area contributed by atoms with E-state index in [-0.39, 0.29) is 22.9 Å². The number of piperazine rings is 1. The van der Waals surface area contributed by atoms with E-state index in [9.17, 15) is 14.0 Å². The Morgan fingerprint density at radius 2 is 1.76 bits per heavy atom. The molecule has 1 N–H and O–H groups in total. The first-order chi connectivity index (χ1) is 11.7. The molecule has 6 nitrogen and oxygen atoms in total. The van der Waals surface area contributed by atoms with E-state index >= 15 is 0 Å². The largest absolute Gasteiger partial charge is 0.496 e. The van der Waals surface area contributed by atoms with Crippen LogP contribution in [-0.2, 0) is 0 Å². The number of rotatable bonds is 3. The summed E-state index contributed by atoms with van der Waals surface area (Å²) in [5.74, 6) is -0.424. The maximum atomic E-state index is 13.5. The number of halogens is 1. The normalized spacial score (nSPS) is 15.1. The molecule has 7 heteroatoms. The van der Waals surface area contributed by atoms with Crippen LogP contribution in [0.4, 0.5) is 9.18 Å². The van der Waals surface area contributed by atoms with Gasteiger partial charge in [0.1, 0.15) is 11.6 Å². The summed E-state index contributed by atoms with van der Waals surface area (Å²) in [5.41, 5.74) is 0.217. The standard InChI is InChI=1S/C18H26FN3O3/c1-18(2,3)12-20-17(24)22-9-7-21(8-10-22)16(23)14-11-13(19)5-6-15(14)25-4/h5-6,11H,7-10,12H2,1-4H3,(H,20,24). The molecule has 1 saturated heterocycles. The van der Waals surface area contributed by atoms with Crippen LogP contribution in [0.25, 0.3) is 0 Å². The summed E-state index contributed by atoms with van der Waals surface area (Å²) >= 11 is 0. The van der Waals surface area contributed by atoms with Gasteiger partial charge in [-0.1, -0.05) is 20.8 Å². The van der Waals surface area contributed by atoms with Gasteiger partial charge in [0.25, 0.3) is 5.91 Å². The predicted octanol–water partition coefficient (Wildman–Crippen LogP) is 2.35. The number of hydrogen-bond donors (Lipinski definition) is 1. The lowest BCUT2D eigenvalue weighted by atomic mass is 9.97. The lowest BCUT2D eigenvalue weighted by Crippen LogP contribution is -2.53. The molecule has 0 aromatic heterocycles. The first-order valence-corrected chi connectivity index (χ1v) is 8.37. The molecular formula is C18H26FN3O3. The average Bonchev–Trinajstić information content (AvgIpc) is 2.58. The molecule has 0 spiro atoms. The Balaban J connectivity index is 1.95. The fourth-order valence-electron chi connectivity index (χ4n) is 2.58. The third-order valence-electron chi connectivity index (χ3n) is 4.02. The molecule has 1 aliphatic rings. The van der Waals surface area contributed by atoms with Crippen molar-refractivity contribution >= 4 is 11.9 Å². The fraction of sp³-hybridized carbons (Fsp3) is 0.556. The zero-order valence-corrected chi connectivity index (χ0v) is 15.3. The summed E-state index contributed by atoms with van der Waals surface area (Å²) in [6.07, 6.45) is 0. The summed E-state index contributed by atoms with van der Waals surface area (Å²) in [5, 5.41) is 2.91. The smallest absolute Gasteiger partial charge is 0.317 e. The number of methoxy groups -OCH3 is 1. The van der Waals surface area contributed by atoms with Gasteiger partial charge in [0.15, 0.2) is 0 Å². The molecule has 1 aromatic rings. The molecule has 0 unspecified atom stereocenters. The minimum absolute atomic E-state index is 0.0153. The third-order valence-corrected chi connectivity index (χ3v) is 4.02. The minimum atomic E-state index is -0.482. The molecule has 1 fully saturated rings. The third kappa shape index (κ3) is 5.08. The lowest BCUT2D eigenvalue weighted by molar-refractivity contribution is 0.0660. The molecule has 1 heterocycles. The molecular weight excluding hydrogens is 325 g/mol. The van der Waals surface area contributed by atoms with Crippen LogP contribution in [-0.4, -0.2) is 61.6 Å². The van der Waals surface area contributed by atoms with Gasteiger partial charge in [0.05, 0.1) is 12.7 Å².